The van der Waals surface area contributed by atoms with Gasteiger partial charge in [0.15, 0.2) is 0 Å². The molecular formula is C15H22O4. The van der Waals surface area contributed by atoms with Gasteiger partial charge in [-0.15, -0.1) is 6.58 Å². The lowest BCUT2D eigenvalue weighted by Gasteiger charge is -2.34. The van der Waals surface area contributed by atoms with Gasteiger partial charge in [0.2, 0.25) is 0 Å². The zero-order valence-corrected chi connectivity index (χ0v) is 11.7. The van der Waals surface area contributed by atoms with Gasteiger partial charge in [-0.2, -0.15) is 0 Å². The van der Waals surface area contributed by atoms with Crippen LogP contribution in [0.25, 0.3) is 0 Å². The SMILES string of the molecule is C=CC[C@@](C(C)=O)(C(=O)OC)[C@@H]1CCCCC(=O)C1. The molecule has 1 aliphatic rings. The molecule has 4 heteroatoms. The molecule has 2 atom stereocenters. The molecule has 0 saturated heterocycles. The van der Waals surface area contributed by atoms with Crippen LogP contribution in [0.1, 0.15) is 45.4 Å². The van der Waals surface area contributed by atoms with Gasteiger partial charge in [0.1, 0.15) is 17.0 Å². The zero-order valence-electron chi connectivity index (χ0n) is 11.7. The van der Waals surface area contributed by atoms with E-state index in [1.54, 1.807) is 6.08 Å². The monoisotopic (exact) mass is 266 g/mol. The van der Waals surface area contributed by atoms with E-state index in [4.69, 9.17) is 4.74 Å². The Morgan fingerprint density at radius 2 is 2.16 bits per heavy atom. The highest BCUT2D eigenvalue weighted by atomic mass is 16.5. The number of carbonyl (C=O) groups is 3. The third-order valence-corrected chi connectivity index (χ3v) is 4.07. The highest BCUT2D eigenvalue weighted by Crippen LogP contribution is 2.41. The van der Waals surface area contributed by atoms with Gasteiger partial charge < -0.3 is 4.74 Å². The number of Topliss-reactive ketones (excluding diaryl/α,β-unsaturated/α-hetero) is 2. The third kappa shape index (κ3) is 3.11. The van der Waals surface area contributed by atoms with Gasteiger partial charge in [0.05, 0.1) is 7.11 Å². The lowest BCUT2D eigenvalue weighted by molar-refractivity contribution is -0.162. The maximum absolute atomic E-state index is 12.2. The number of hydrogen-bond donors (Lipinski definition) is 0. The van der Waals surface area contributed by atoms with E-state index in [1.807, 2.05) is 0 Å². The van der Waals surface area contributed by atoms with Gasteiger partial charge in [0, 0.05) is 12.8 Å². The smallest absolute Gasteiger partial charge is 0.319 e. The second-order valence-electron chi connectivity index (χ2n) is 5.20. The van der Waals surface area contributed by atoms with Gasteiger partial charge in [-0.05, 0) is 32.1 Å². The van der Waals surface area contributed by atoms with E-state index < -0.39 is 11.4 Å². The summed E-state index contributed by atoms with van der Waals surface area (Å²) < 4.78 is 4.84. The fourth-order valence-electron chi connectivity index (χ4n) is 3.01. The summed E-state index contributed by atoms with van der Waals surface area (Å²) in [5.41, 5.74) is -1.24. The van der Waals surface area contributed by atoms with Crippen molar-refractivity contribution >= 4 is 17.5 Å². The molecule has 0 amide bonds. The molecule has 0 N–H and O–H groups in total. The van der Waals surface area contributed by atoms with E-state index in [1.165, 1.54) is 14.0 Å². The lowest BCUT2D eigenvalue weighted by atomic mass is 9.67. The summed E-state index contributed by atoms with van der Waals surface area (Å²) in [7, 11) is 1.28. The molecule has 1 aliphatic carbocycles. The summed E-state index contributed by atoms with van der Waals surface area (Å²) in [6.45, 7) is 5.04. The Bertz CT molecular complexity index is 386. The Morgan fingerprint density at radius 3 is 2.68 bits per heavy atom. The molecule has 0 bridgehead atoms. The molecule has 19 heavy (non-hydrogen) atoms. The highest BCUT2D eigenvalue weighted by Gasteiger charge is 2.50. The molecule has 0 spiro atoms. The number of esters is 1. The van der Waals surface area contributed by atoms with Crippen LogP contribution in [0.2, 0.25) is 0 Å². The minimum absolute atomic E-state index is 0.126. The number of hydrogen-bond acceptors (Lipinski definition) is 4. The zero-order chi connectivity index (χ0) is 14.5. The average molecular weight is 266 g/mol. The number of ketones is 2. The Morgan fingerprint density at radius 1 is 1.47 bits per heavy atom. The lowest BCUT2D eigenvalue weighted by Crippen LogP contribution is -2.45. The molecule has 1 saturated carbocycles. The highest BCUT2D eigenvalue weighted by molar-refractivity contribution is 6.03. The molecule has 0 unspecified atom stereocenters. The molecule has 0 aromatic rings. The van der Waals surface area contributed by atoms with Crippen LogP contribution >= 0.6 is 0 Å². The molecule has 0 aromatic heterocycles. The number of carbonyl (C=O) groups excluding carboxylic acids is 3. The summed E-state index contributed by atoms with van der Waals surface area (Å²) in [6, 6.07) is 0. The van der Waals surface area contributed by atoms with Crippen molar-refractivity contribution in [1.29, 1.82) is 0 Å². The standard InChI is InChI=1S/C15H22O4/c1-4-9-15(11(2)16,14(18)19-3)12-7-5-6-8-13(17)10-12/h4,12H,1,5-10H2,2-3H3/t12-,15+/m1/s1. The number of methoxy groups -OCH3 is 1. The second-order valence-corrected chi connectivity index (χ2v) is 5.20. The van der Waals surface area contributed by atoms with E-state index >= 15 is 0 Å². The second kappa shape index (κ2) is 6.64. The Kier molecular flexibility index (Phi) is 5.45. The van der Waals surface area contributed by atoms with Gasteiger partial charge in [0.25, 0.3) is 0 Å². The van der Waals surface area contributed by atoms with Crippen molar-refractivity contribution in [2.45, 2.75) is 45.4 Å². The maximum Gasteiger partial charge on any atom is 0.319 e. The molecule has 106 valence electrons. The average Bonchev–Trinajstić information content (AvgIpc) is 2.59. The van der Waals surface area contributed by atoms with Crippen molar-refractivity contribution in [3.8, 4) is 0 Å². The summed E-state index contributed by atoms with van der Waals surface area (Å²) in [5, 5.41) is 0. The first kappa shape index (κ1) is 15.6. The predicted octanol–water partition coefficient (Wildman–Crippen LogP) is 2.46. The number of allylic oxidation sites excluding steroid dienone is 1. The molecule has 0 aromatic carbocycles. The number of ether oxygens (including phenoxy) is 1. The fraction of sp³-hybridized carbons (Fsp3) is 0.667. The first-order valence-corrected chi connectivity index (χ1v) is 6.71. The largest absolute Gasteiger partial charge is 0.468 e. The summed E-state index contributed by atoms with van der Waals surface area (Å²) >= 11 is 0. The van der Waals surface area contributed by atoms with Crippen molar-refractivity contribution in [2.75, 3.05) is 7.11 Å². The van der Waals surface area contributed by atoms with Crippen LogP contribution in [0, 0.1) is 11.3 Å². The van der Waals surface area contributed by atoms with E-state index in [0.29, 0.717) is 12.8 Å². The van der Waals surface area contributed by atoms with E-state index in [2.05, 4.69) is 6.58 Å². The Hall–Kier alpha value is -1.45. The molecule has 1 rings (SSSR count). The van der Waals surface area contributed by atoms with Crippen molar-refractivity contribution in [2.24, 2.45) is 11.3 Å². The first-order valence-electron chi connectivity index (χ1n) is 6.71. The van der Waals surface area contributed by atoms with Crippen LogP contribution in [-0.4, -0.2) is 24.6 Å². The van der Waals surface area contributed by atoms with Crippen LogP contribution in [0.15, 0.2) is 12.7 Å². The number of rotatable bonds is 5. The predicted molar refractivity (Wildman–Crippen MR) is 71.5 cm³/mol. The molecule has 1 fully saturated rings. The van der Waals surface area contributed by atoms with Gasteiger partial charge >= 0.3 is 5.97 Å². The van der Waals surface area contributed by atoms with Gasteiger partial charge in [-0.25, -0.2) is 0 Å². The summed E-state index contributed by atoms with van der Waals surface area (Å²) in [5.74, 6) is -0.926. The normalized spacial score (nSPS) is 23.1. The summed E-state index contributed by atoms with van der Waals surface area (Å²) in [6.07, 6.45) is 5.01. The van der Waals surface area contributed by atoms with Gasteiger partial charge in [-0.3, -0.25) is 14.4 Å². The Balaban J connectivity index is 3.19. The molecule has 0 aliphatic heterocycles. The topological polar surface area (TPSA) is 60.4 Å². The van der Waals surface area contributed by atoms with Crippen LogP contribution < -0.4 is 0 Å². The van der Waals surface area contributed by atoms with Crippen molar-refractivity contribution in [1.82, 2.24) is 0 Å². The van der Waals surface area contributed by atoms with E-state index in [9.17, 15) is 14.4 Å². The summed E-state index contributed by atoms with van der Waals surface area (Å²) in [4.78, 5) is 36.1. The van der Waals surface area contributed by atoms with Gasteiger partial charge in [-0.1, -0.05) is 12.5 Å². The van der Waals surface area contributed by atoms with Crippen molar-refractivity contribution < 1.29 is 19.1 Å². The minimum Gasteiger partial charge on any atom is -0.468 e. The van der Waals surface area contributed by atoms with Crippen molar-refractivity contribution in [3.05, 3.63) is 12.7 Å². The van der Waals surface area contributed by atoms with Crippen LogP contribution in [-0.2, 0) is 19.1 Å². The van der Waals surface area contributed by atoms with E-state index in [0.717, 1.165) is 12.8 Å². The first-order chi connectivity index (χ1) is 8.98. The molecule has 0 radical (unpaired) electrons. The van der Waals surface area contributed by atoms with Crippen LogP contribution in [0.4, 0.5) is 0 Å². The third-order valence-electron chi connectivity index (χ3n) is 4.07. The van der Waals surface area contributed by atoms with Crippen molar-refractivity contribution in [3.63, 3.8) is 0 Å². The minimum atomic E-state index is -1.24. The van der Waals surface area contributed by atoms with E-state index in [-0.39, 0.29) is 30.3 Å². The molecule has 4 nitrogen and oxygen atoms in total. The quantitative estimate of drug-likeness (QED) is 0.332. The molecular weight excluding hydrogens is 244 g/mol. The Labute approximate surface area is 114 Å². The molecule has 0 heterocycles. The fourth-order valence-corrected chi connectivity index (χ4v) is 3.01. The van der Waals surface area contributed by atoms with Crippen LogP contribution in [0.5, 0.6) is 0 Å². The maximum atomic E-state index is 12.2. The van der Waals surface area contributed by atoms with Crippen LogP contribution in [0.3, 0.4) is 0 Å².